The number of fused-ring (bicyclic) bond motifs is 1. The highest BCUT2D eigenvalue weighted by molar-refractivity contribution is 8.00. The van der Waals surface area contributed by atoms with E-state index < -0.39 is 0 Å². The van der Waals surface area contributed by atoms with Crippen LogP contribution in [0.15, 0.2) is 65.7 Å². The van der Waals surface area contributed by atoms with Gasteiger partial charge >= 0.3 is 0 Å². The number of carbonyl (C=O) groups excluding carboxylic acids is 1. The number of thiazole rings is 1. The number of hydrogen-bond acceptors (Lipinski definition) is 6. The third kappa shape index (κ3) is 5.06. The van der Waals surface area contributed by atoms with Crippen LogP contribution in [0.2, 0.25) is 0 Å². The monoisotopic (exact) mass is 449 g/mol. The minimum absolute atomic E-state index is 0.000953. The van der Waals surface area contributed by atoms with Crippen molar-refractivity contribution in [1.82, 2.24) is 9.97 Å². The Hall–Kier alpha value is -2.90. The number of aryl methyl sites for hydroxylation is 2. The van der Waals surface area contributed by atoms with Crippen LogP contribution in [-0.4, -0.2) is 28.7 Å². The van der Waals surface area contributed by atoms with Crippen molar-refractivity contribution in [3.8, 4) is 5.75 Å². The molecule has 0 atom stereocenters. The summed E-state index contributed by atoms with van der Waals surface area (Å²) in [5, 5.41) is 0.700. The maximum atomic E-state index is 13.3. The Kier molecular flexibility index (Phi) is 6.53. The van der Waals surface area contributed by atoms with Crippen molar-refractivity contribution in [1.29, 1.82) is 0 Å². The average Bonchev–Trinajstić information content (AvgIpc) is 3.19. The SMILES string of the molecule is COc1ccc(SCC(=O)N(Cc2ccccn2)c2nc3cc(C)c(C)cc3s2)cc1. The molecule has 0 N–H and O–H groups in total. The summed E-state index contributed by atoms with van der Waals surface area (Å²) in [7, 11) is 1.64. The molecule has 158 valence electrons. The van der Waals surface area contributed by atoms with Gasteiger partial charge in [0, 0.05) is 11.1 Å². The first-order valence-corrected chi connectivity index (χ1v) is 11.7. The molecule has 5 nitrogen and oxygen atoms in total. The van der Waals surface area contributed by atoms with Gasteiger partial charge in [0.15, 0.2) is 5.13 Å². The second kappa shape index (κ2) is 9.49. The second-order valence-electron chi connectivity index (χ2n) is 7.17. The molecule has 0 fully saturated rings. The fraction of sp³-hybridized carbons (Fsp3) is 0.208. The van der Waals surface area contributed by atoms with Crippen molar-refractivity contribution in [3.05, 3.63) is 77.6 Å². The van der Waals surface area contributed by atoms with Crippen molar-refractivity contribution in [2.24, 2.45) is 0 Å². The van der Waals surface area contributed by atoms with Crippen molar-refractivity contribution < 1.29 is 9.53 Å². The predicted molar refractivity (Wildman–Crippen MR) is 128 cm³/mol. The molecule has 0 spiro atoms. The Morgan fingerprint density at radius 2 is 1.87 bits per heavy atom. The van der Waals surface area contributed by atoms with E-state index in [9.17, 15) is 4.79 Å². The molecule has 4 aromatic rings. The number of pyridine rings is 1. The Balaban J connectivity index is 1.59. The molecule has 0 unspecified atom stereocenters. The molecular weight excluding hydrogens is 426 g/mol. The first-order valence-electron chi connectivity index (χ1n) is 9.88. The Labute approximate surface area is 190 Å². The maximum Gasteiger partial charge on any atom is 0.239 e. The lowest BCUT2D eigenvalue weighted by Gasteiger charge is -2.19. The quantitative estimate of drug-likeness (QED) is 0.342. The van der Waals surface area contributed by atoms with E-state index in [2.05, 4.69) is 31.0 Å². The minimum atomic E-state index is -0.000953. The number of thioether (sulfide) groups is 1. The van der Waals surface area contributed by atoms with Gasteiger partial charge in [-0.05, 0) is 73.5 Å². The molecule has 2 aromatic heterocycles. The molecule has 2 aromatic carbocycles. The third-order valence-corrected chi connectivity index (χ3v) is 7.03. The van der Waals surface area contributed by atoms with Gasteiger partial charge in [-0.25, -0.2) is 4.98 Å². The van der Waals surface area contributed by atoms with Gasteiger partial charge in [-0.1, -0.05) is 17.4 Å². The van der Waals surface area contributed by atoms with Crippen LogP contribution >= 0.6 is 23.1 Å². The number of anilines is 1. The van der Waals surface area contributed by atoms with E-state index in [1.54, 1.807) is 29.5 Å². The number of benzene rings is 2. The average molecular weight is 450 g/mol. The summed E-state index contributed by atoms with van der Waals surface area (Å²) in [5.74, 6) is 1.11. The van der Waals surface area contributed by atoms with Gasteiger partial charge in [0.25, 0.3) is 0 Å². The van der Waals surface area contributed by atoms with Crippen LogP contribution in [0.4, 0.5) is 5.13 Å². The topological polar surface area (TPSA) is 55.3 Å². The highest BCUT2D eigenvalue weighted by atomic mass is 32.2. The van der Waals surface area contributed by atoms with E-state index in [0.717, 1.165) is 26.6 Å². The van der Waals surface area contributed by atoms with Crippen LogP contribution in [0.5, 0.6) is 5.75 Å². The highest BCUT2D eigenvalue weighted by Crippen LogP contribution is 2.32. The molecule has 0 bridgehead atoms. The van der Waals surface area contributed by atoms with Crippen molar-refractivity contribution in [3.63, 3.8) is 0 Å². The highest BCUT2D eigenvalue weighted by Gasteiger charge is 2.21. The molecule has 2 heterocycles. The van der Waals surface area contributed by atoms with Gasteiger partial charge < -0.3 is 4.74 Å². The standard InChI is InChI=1S/C24H23N3O2S2/c1-16-12-21-22(13-17(16)2)31-24(26-21)27(14-18-6-4-5-11-25-18)23(28)15-30-20-9-7-19(29-3)8-10-20/h4-13H,14-15H2,1-3H3. The minimum Gasteiger partial charge on any atom is -0.497 e. The van der Waals surface area contributed by atoms with Crippen molar-refractivity contribution >= 4 is 44.4 Å². The van der Waals surface area contributed by atoms with Crippen LogP contribution in [0.25, 0.3) is 10.2 Å². The van der Waals surface area contributed by atoms with Gasteiger partial charge in [-0.2, -0.15) is 0 Å². The van der Waals surface area contributed by atoms with Gasteiger partial charge in [0.2, 0.25) is 5.91 Å². The number of aromatic nitrogens is 2. The summed E-state index contributed by atoms with van der Waals surface area (Å²) in [6.07, 6.45) is 1.75. The smallest absolute Gasteiger partial charge is 0.239 e. The number of carbonyl (C=O) groups is 1. The van der Waals surface area contributed by atoms with E-state index in [0.29, 0.717) is 17.4 Å². The summed E-state index contributed by atoms with van der Waals surface area (Å²) in [5.41, 5.74) is 4.17. The van der Waals surface area contributed by atoms with Crippen molar-refractivity contribution in [2.75, 3.05) is 17.8 Å². The first kappa shape index (κ1) is 21.3. The van der Waals surface area contributed by atoms with Crippen LogP contribution in [0.1, 0.15) is 16.8 Å². The number of ether oxygens (including phenoxy) is 1. The molecule has 0 radical (unpaired) electrons. The normalized spacial score (nSPS) is 10.9. The zero-order valence-corrected chi connectivity index (χ0v) is 19.3. The number of hydrogen-bond donors (Lipinski definition) is 0. The molecule has 0 aliphatic carbocycles. The molecule has 4 rings (SSSR count). The number of nitrogens with zero attached hydrogens (tertiary/aromatic N) is 3. The lowest BCUT2D eigenvalue weighted by atomic mass is 10.1. The Bertz CT molecular complexity index is 1150. The summed E-state index contributed by atoms with van der Waals surface area (Å²) in [6, 6.07) is 17.7. The van der Waals surface area contributed by atoms with Gasteiger partial charge in [0.05, 0.1) is 35.3 Å². The molecule has 7 heteroatoms. The van der Waals surface area contributed by atoms with Gasteiger partial charge in [-0.15, -0.1) is 11.8 Å². The molecular formula is C24H23N3O2S2. The van der Waals surface area contributed by atoms with Crippen LogP contribution in [0.3, 0.4) is 0 Å². The first-order chi connectivity index (χ1) is 15.0. The van der Waals surface area contributed by atoms with Crippen molar-refractivity contribution in [2.45, 2.75) is 25.3 Å². The van der Waals surface area contributed by atoms with E-state index in [1.807, 2.05) is 42.5 Å². The van der Waals surface area contributed by atoms with E-state index in [-0.39, 0.29) is 5.91 Å². The zero-order valence-electron chi connectivity index (χ0n) is 17.7. The third-order valence-electron chi connectivity index (χ3n) is 4.99. The molecule has 0 aliphatic heterocycles. The summed E-state index contributed by atoms with van der Waals surface area (Å²) < 4.78 is 6.29. The number of methoxy groups -OCH3 is 1. The Morgan fingerprint density at radius 3 is 2.58 bits per heavy atom. The summed E-state index contributed by atoms with van der Waals surface area (Å²) in [4.78, 5) is 25.2. The van der Waals surface area contributed by atoms with Crippen LogP contribution < -0.4 is 9.64 Å². The summed E-state index contributed by atoms with van der Waals surface area (Å²) >= 11 is 3.05. The van der Waals surface area contributed by atoms with Gasteiger partial charge in [0.1, 0.15) is 5.75 Å². The largest absolute Gasteiger partial charge is 0.497 e. The van der Waals surface area contributed by atoms with Gasteiger partial charge in [-0.3, -0.25) is 14.7 Å². The molecule has 0 saturated heterocycles. The van der Waals surface area contributed by atoms with E-state index >= 15 is 0 Å². The zero-order chi connectivity index (χ0) is 21.8. The number of rotatable bonds is 7. The fourth-order valence-corrected chi connectivity index (χ4v) is 4.93. The lowest BCUT2D eigenvalue weighted by molar-refractivity contribution is -0.116. The summed E-state index contributed by atoms with van der Waals surface area (Å²) in [6.45, 7) is 4.56. The van der Waals surface area contributed by atoms with E-state index in [4.69, 9.17) is 9.72 Å². The van der Waals surface area contributed by atoms with E-state index in [1.165, 1.54) is 22.9 Å². The predicted octanol–water partition coefficient (Wildman–Crippen LogP) is 5.64. The molecule has 1 amide bonds. The maximum absolute atomic E-state index is 13.3. The second-order valence-corrected chi connectivity index (χ2v) is 9.22. The fourth-order valence-electron chi connectivity index (χ4n) is 3.09. The Morgan fingerprint density at radius 1 is 1.10 bits per heavy atom. The number of amides is 1. The molecule has 31 heavy (non-hydrogen) atoms. The van der Waals surface area contributed by atoms with Crippen LogP contribution in [-0.2, 0) is 11.3 Å². The molecule has 0 aliphatic rings. The molecule has 0 saturated carbocycles. The van der Waals surface area contributed by atoms with Crippen LogP contribution in [0, 0.1) is 13.8 Å². The lowest BCUT2D eigenvalue weighted by Crippen LogP contribution is -2.32.